The second-order valence-corrected chi connectivity index (χ2v) is 2.79. The molecule has 0 aliphatic rings. The molecule has 0 heterocycles. The van der Waals surface area contributed by atoms with Gasteiger partial charge in [0.2, 0.25) is 0 Å². The highest BCUT2D eigenvalue weighted by molar-refractivity contribution is 5.78. The molecule has 0 radical (unpaired) electrons. The van der Waals surface area contributed by atoms with Crippen molar-refractivity contribution in [1.82, 2.24) is 5.32 Å². The molecule has 2 heteroatoms. The Balaban J connectivity index is 3.04. The molecule has 11 heavy (non-hydrogen) atoms. The van der Waals surface area contributed by atoms with Gasteiger partial charge in [-0.05, 0) is 19.4 Å². The molecule has 0 aromatic rings. The third-order valence-corrected chi connectivity index (χ3v) is 1.54. The Morgan fingerprint density at radius 3 is 2.36 bits per heavy atom. The fourth-order valence-electron chi connectivity index (χ4n) is 0.933. The third kappa shape index (κ3) is 7.53. The van der Waals surface area contributed by atoms with Crippen molar-refractivity contribution in [3.05, 3.63) is 0 Å². The fourth-order valence-corrected chi connectivity index (χ4v) is 0.933. The van der Waals surface area contributed by atoms with Crippen molar-refractivity contribution in [2.24, 2.45) is 0 Å². The van der Waals surface area contributed by atoms with E-state index in [1.165, 1.54) is 0 Å². The van der Waals surface area contributed by atoms with E-state index in [2.05, 4.69) is 12.2 Å². The van der Waals surface area contributed by atoms with Crippen LogP contribution in [-0.4, -0.2) is 18.9 Å². The normalized spacial score (nSPS) is 10.0. The molecule has 0 spiro atoms. The molecule has 0 amide bonds. The van der Waals surface area contributed by atoms with Gasteiger partial charge in [0.05, 0.1) is 0 Å². The van der Waals surface area contributed by atoms with E-state index >= 15 is 0 Å². The maximum absolute atomic E-state index is 11.0. The van der Waals surface area contributed by atoms with Gasteiger partial charge in [0.25, 0.3) is 0 Å². The Hall–Kier alpha value is -0.370. The van der Waals surface area contributed by atoms with Crippen LogP contribution in [0.3, 0.4) is 0 Å². The van der Waals surface area contributed by atoms with Crippen molar-refractivity contribution in [2.75, 3.05) is 13.1 Å². The van der Waals surface area contributed by atoms with Gasteiger partial charge in [0, 0.05) is 19.4 Å². The van der Waals surface area contributed by atoms with E-state index in [1.807, 2.05) is 6.92 Å². The lowest BCUT2D eigenvalue weighted by molar-refractivity contribution is -0.119. The second-order valence-electron chi connectivity index (χ2n) is 2.79. The maximum atomic E-state index is 11.0. The van der Waals surface area contributed by atoms with Crippen molar-refractivity contribution >= 4 is 5.78 Å². The number of hydrogen-bond donors (Lipinski definition) is 1. The molecule has 0 aromatic carbocycles. The zero-order valence-electron chi connectivity index (χ0n) is 7.65. The van der Waals surface area contributed by atoms with Crippen LogP contribution in [0.1, 0.15) is 39.5 Å². The number of rotatable bonds is 7. The molecule has 2 nitrogen and oxygen atoms in total. The van der Waals surface area contributed by atoms with E-state index in [-0.39, 0.29) is 0 Å². The first-order valence-electron chi connectivity index (χ1n) is 4.53. The standard InChI is InChI=1S/C9H19NO/c1-3-5-9(11)6-8-10-7-4-2/h10H,3-8H2,1-2H3. The predicted octanol–water partition coefficient (Wildman–Crippen LogP) is 1.75. The van der Waals surface area contributed by atoms with Gasteiger partial charge in [-0.1, -0.05) is 13.8 Å². The summed E-state index contributed by atoms with van der Waals surface area (Å²) in [5, 5.41) is 3.20. The highest BCUT2D eigenvalue weighted by atomic mass is 16.1. The van der Waals surface area contributed by atoms with Gasteiger partial charge >= 0.3 is 0 Å². The zero-order valence-corrected chi connectivity index (χ0v) is 7.65. The molecule has 0 atom stereocenters. The SMILES string of the molecule is CCCNCCC(=O)CCC. The van der Waals surface area contributed by atoms with Crippen LogP contribution in [0, 0.1) is 0 Å². The van der Waals surface area contributed by atoms with Crippen LogP contribution < -0.4 is 5.32 Å². The molecule has 0 fully saturated rings. The van der Waals surface area contributed by atoms with E-state index in [9.17, 15) is 4.79 Å². The Morgan fingerprint density at radius 2 is 1.82 bits per heavy atom. The predicted molar refractivity (Wildman–Crippen MR) is 47.7 cm³/mol. The topological polar surface area (TPSA) is 29.1 Å². The maximum Gasteiger partial charge on any atom is 0.134 e. The summed E-state index contributed by atoms with van der Waals surface area (Å²) in [4.78, 5) is 11.0. The average molecular weight is 157 g/mol. The summed E-state index contributed by atoms with van der Waals surface area (Å²) in [5.74, 6) is 0.385. The Bertz CT molecular complexity index is 102. The first kappa shape index (κ1) is 10.6. The minimum atomic E-state index is 0.385. The molecule has 66 valence electrons. The van der Waals surface area contributed by atoms with E-state index in [1.54, 1.807) is 0 Å². The molecule has 0 saturated heterocycles. The first-order valence-corrected chi connectivity index (χ1v) is 4.53. The van der Waals surface area contributed by atoms with Gasteiger partial charge in [-0.25, -0.2) is 0 Å². The van der Waals surface area contributed by atoms with Crippen molar-refractivity contribution in [3.8, 4) is 0 Å². The quantitative estimate of drug-likeness (QED) is 0.570. The van der Waals surface area contributed by atoms with Crippen molar-refractivity contribution in [2.45, 2.75) is 39.5 Å². The smallest absolute Gasteiger partial charge is 0.134 e. The summed E-state index contributed by atoms with van der Waals surface area (Å²) in [5.41, 5.74) is 0. The Morgan fingerprint density at radius 1 is 1.09 bits per heavy atom. The van der Waals surface area contributed by atoms with Crippen LogP contribution >= 0.6 is 0 Å². The van der Waals surface area contributed by atoms with Crippen LogP contribution in [0.4, 0.5) is 0 Å². The molecule has 0 aromatic heterocycles. The average Bonchev–Trinajstić information content (AvgIpc) is 1.99. The molecule has 1 N–H and O–H groups in total. The monoisotopic (exact) mass is 157 g/mol. The zero-order chi connectivity index (χ0) is 8.53. The minimum Gasteiger partial charge on any atom is -0.316 e. The Labute approximate surface area is 69.4 Å². The van der Waals surface area contributed by atoms with Crippen LogP contribution in [0.2, 0.25) is 0 Å². The highest BCUT2D eigenvalue weighted by Gasteiger charge is 1.97. The van der Waals surface area contributed by atoms with Crippen LogP contribution in [0.5, 0.6) is 0 Å². The molecule has 0 aliphatic heterocycles. The summed E-state index contributed by atoms with van der Waals surface area (Å²) in [7, 11) is 0. The molecular formula is C9H19NO. The molecular weight excluding hydrogens is 138 g/mol. The van der Waals surface area contributed by atoms with Gasteiger partial charge < -0.3 is 5.32 Å². The van der Waals surface area contributed by atoms with E-state index in [4.69, 9.17) is 0 Å². The second kappa shape index (κ2) is 7.73. The van der Waals surface area contributed by atoms with Gasteiger partial charge in [-0.3, -0.25) is 4.79 Å². The van der Waals surface area contributed by atoms with E-state index in [0.29, 0.717) is 12.2 Å². The number of Topliss-reactive ketones (excluding diaryl/α,β-unsaturated/α-hetero) is 1. The fraction of sp³-hybridized carbons (Fsp3) is 0.889. The van der Waals surface area contributed by atoms with E-state index in [0.717, 1.165) is 32.4 Å². The summed E-state index contributed by atoms with van der Waals surface area (Å²) in [6.07, 6.45) is 3.57. The number of nitrogens with one attached hydrogen (secondary N) is 1. The molecule has 0 aliphatic carbocycles. The largest absolute Gasteiger partial charge is 0.316 e. The van der Waals surface area contributed by atoms with Crippen LogP contribution in [-0.2, 0) is 4.79 Å². The lowest BCUT2D eigenvalue weighted by atomic mass is 10.2. The summed E-state index contributed by atoms with van der Waals surface area (Å²) >= 11 is 0. The Kier molecular flexibility index (Phi) is 7.47. The number of ketones is 1. The molecule has 0 unspecified atom stereocenters. The van der Waals surface area contributed by atoms with Gasteiger partial charge in [0.15, 0.2) is 0 Å². The van der Waals surface area contributed by atoms with Crippen molar-refractivity contribution < 1.29 is 4.79 Å². The number of carbonyl (C=O) groups is 1. The lowest BCUT2D eigenvalue weighted by Crippen LogP contribution is -2.18. The van der Waals surface area contributed by atoms with Crippen molar-refractivity contribution in [3.63, 3.8) is 0 Å². The first-order chi connectivity index (χ1) is 5.31. The minimum absolute atomic E-state index is 0.385. The van der Waals surface area contributed by atoms with Crippen molar-refractivity contribution in [1.29, 1.82) is 0 Å². The van der Waals surface area contributed by atoms with Gasteiger partial charge in [0.1, 0.15) is 5.78 Å². The molecule has 0 saturated carbocycles. The summed E-state index contributed by atoms with van der Waals surface area (Å²) in [6, 6.07) is 0. The third-order valence-electron chi connectivity index (χ3n) is 1.54. The molecule has 0 rings (SSSR count). The summed E-state index contributed by atoms with van der Waals surface area (Å²) in [6.45, 7) is 6.05. The number of hydrogen-bond acceptors (Lipinski definition) is 2. The van der Waals surface area contributed by atoms with Gasteiger partial charge in [-0.15, -0.1) is 0 Å². The number of carbonyl (C=O) groups excluding carboxylic acids is 1. The highest BCUT2D eigenvalue weighted by Crippen LogP contribution is 1.92. The van der Waals surface area contributed by atoms with E-state index < -0.39 is 0 Å². The van der Waals surface area contributed by atoms with Gasteiger partial charge in [-0.2, -0.15) is 0 Å². The van der Waals surface area contributed by atoms with Crippen LogP contribution in [0.25, 0.3) is 0 Å². The lowest BCUT2D eigenvalue weighted by Gasteiger charge is -2.00. The molecule has 0 bridgehead atoms. The summed E-state index contributed by atoms with van der Waals surface area (Å²) < 4.78 is 0. The van der Waals surface area contributed by atoms with Crippen LogP contribution in [0.15, 0.2) is 0 Å².